The van der Waals surface area contributed by atoms with E-state index in [2.05, 4.69) is 45.1 Å². The summed E-state index contributed by atoms with van der Waals surface area (Å²) in [4.78, 5) is 21.5. The molecule has 0 amide bonds. The van der Waals surface area contributed by atoms with E-state index in [1.807, 2.05) is 13.8 Å². The number of rotatable bonds is 6. The topological polar surface area (TPSA) is 45.7 Å². The van der Waals surface area contributed by atoms with E-state index in [0.29, 0.717) is 5.56 Å². The Morgan fingerprint density at radius 1 is 1.07 bits per heavy atom. The molecular weight excluding hydrogens is 362 g/mol. The van der Waals surface area contributed by atoms with E-state index < -0.39 is 0 Å². The minimum atomic E-state index is -0.297. The monoisotopic (exact) mass is 389 g/mol. The number of nitrogens with zero attached hydrogens (tertiary/aromatic N) is 3. The fourth-order valence-corrected chi connectivity index (χ4v) is 3.20. The summed E-state index contributed by atoms with van der Waals surface area (Å²) in [6.45, 7) is 8.47. The maximum Gasteiger partial charge on any atom is 0.342 e. The van der Waals surface area contributed by atoms with Gasteiger partial charge in [0, 0.05) is 38.9 Å². The van der Waals surface area contributed by atoms with Crippen LogP contribution in [0.5, 0.6) is 0 Å². The molecule has 1 aliphatic heterocycles. The Balaban J connectivity index is 0.00000261. The molecule has 1 aromatic carbocycles. The zero-order valence-electron chi connectivity index (χ0n) is 16.0. The molecule has 2 heterocycles. The molecule has 2 aromatic rings. The van der Waals surface area contributed by atoms with Gasteiger partial charge in [-0.1, -0.05) is 30.3 Å². The Kier molecular flexibility index (Phi) is 8.07. The lowest BCUT2D eigenvalue weighted by atomic mass is 10.1. The minimum Gasteiger partial charge on any atom is -0.459 e. The number of hydrogen-bond acceptors (Lipinski definition) is 5. The first-order valence-electron chi connectivity index (χ1n) is 9.30. The predicted octanol–water partition coefficient (Wildman–Crippen LogP) is 3.43. The van der Waals surface area contributed by atoms with Gasteiger partial charge in [0.15, 0.2) is 0 Å². The van der Waals surface area contributed by atoms with Gasteiger partial charge in [-0.2, -0.15) is 0 Å². The lowest BCUT2D eigenvalue weighted by Gasteiger charge is -2.36. The van der Waals surface area contributed by atoms with Gasteiger partial charge in [0.1, 0.15) is 11.4 Å². The molecule has 0 bridgehead atoms. The van der Waals surface area contributed by atoms with Crippen LogP contribution < -0.4 is 4.90 Å². The molecule has 27 heavy (non-hydrogen) atoms. The first kappa shape index (κ1) is 21.2. The Hall–Kier alpha value is -2.11. The zero-order valence-corrected chi connectivity index (χ0v) is 16.8. The third-order valence-corrected chi connectivity index (χ3v) is 4.58. The second kappa shape index (κ2) is 10.3. The Bertz CT molecular complexity index is 716. The van der Waals surface area contributed by atoms with Crippen molar-refractivity contribution in [3.8, 4) is 0 Å². The predicted molar refractivity (Wildman–Crippen MR) is 111 cm³/mol. The summed E-state index contributed by atoms with van der Waals surface area (Å²) in [6.07, 6.45) is 2.67. The first-order valence-corrected chi connectivity index (χ1v) is 9.30. The van der Waals surface area contributed by atoms with Gasteiger partial charge in [0.25, 0.3) is 0 Å². The number of anilines is 1. The molecule has 5 nitrogen and oxygen atoms in total. The third-order valence-electron chi connectivity index (χ3n) is 4.58. The molecule has 1 aromatic heterocycles. The van der Waals surface area contributed by atoms with Gasteiger partial charge >= 0.3 is 5.97 Å². The normalized spacial score (nSPS) is 14.7. The van der Waals surface area contributed by atoms with Gasteiger partial charge in [-0.15, -0.1) is 12.4 Å². The SMILES string of the molecule is CC(C)OC(=O)c1cccnc1N1CCN(CCc2ccccc2)CC1.Cl. The number of aromatic nitrogens is 1. The minimum absolute atomic E-state index is 0. The van der Waals surface area contributed by atoms with Crippen molar-refractivity contribution in [2.24, 2.45) is 0 Å². The lowest BCUT2D eigenvalue weighted by molar-refractivity contribution is 0.0378. The summed E-state index contributed by atoms with van der Waals surface area (Å²) in [5.74, 6) is 0.440. The van der Waals surface area contributed by atoms with E-state index in [0.717, 1.165) is 45.0 Å². The van der Waals surface area contributed by atoms with Crippen LogP contribution in [0.15, 0.2) is 48.7 Å². The first-order chi connectivity index (χ1) is 12.6. The van der Waals surface area contributed by atoms with Gasteiger partial charge in [0.2, 0.25) is 0 Å². The van der Waals surface area contributed by atoms with Gasteiger partial charge < -0.3 is 9.64 Å². The van der Waals surface area contributed by atoms with Crippen LogP contribution in [0.2, 0.25) is 0 Å². The van der Waals surface area contributed by atoms with E-state index >= 15 is 0 Å². The fourth-order valence-electron chi connectivity index (χ4n) is 3.20. The van der Waals surface area contributed by atoms with Crippen molar-refractivity contribution in [2.75, 3.05) is 37.6 Å². The summed E-state index contributed by atoms with van der Waals surface area (Å²) >= 11 is 0. The number of halogens is 1. The van der Waals surface area contributed by atoms with Crippen molar-refractivity contribution < 1.29 is 9.53 Å². The molecule has 0 N–H and O–H groups in total. The highest BCUT2D eigenvalue weighted by Crippen LogP contribution is 2.20. The molecule has 3 rings (SSSR count). The summed E-state index contributed by atoms with van der Waals surface area (Å²) in [7, 11) is 0. The lowest BCUT2D eigenvalue weighted by Crippen LogP contribution is -2.47. The van der Waals surface area contributed by atoms with E-state index in [1.54, 1.807) is 18.3 Å². The van der Waals surface area contributed by atoms with Gasteiger partial charge in [-0.05, 0) is 38.0 Å². The second-order valence-electron chi connectivity index (χ2n) is 6.89. The van der Waals surface area contributed by atoms with Crippen LogP contribution in [-0.2, 0) is 11.2 Å². The van der Waals surface area contributed by atoms with Crippen LogP contribution in [-0.4, -0.2) is 54.7 Å². The smallest absolute Gasteiger partial charge is 0.342 e. The number of carbonyl (C=O) groups is 1. The van der Waals surface area contributed by atoms with E-state index in [4.69, 9.17) is 4.74 Å². The largest absolute Gasteiger partial charge is 0.459 e. The van der Waals surface area contributed by atoms with Crippen LogP contribution in [0.4, 0.5) is 5.82 Å². The van der Waals surface area contributed by atoms with Gasteiger partial charge in [0.05, 0.1) is 6.10 Å². The third kappa shape index (κ3) is 5.94. The number of ether oxygens (including phenoxy) is 1. The Labute approximate surface area is 167 Å². The molecule has 0 radical (unpaired) electrons. The molecule has 1 aliphatic rings. The molecule has 0 spiro atoms. The quantitative estimate of drug-likeness (QED) is 0.708. The Morgan fingerprint density at radius 3 is 2.44 bits per heavy atom. The molecule has 1 saturated heterocycles. The molecule has 146 valence electrons. The summed E-state index contributed by atoms with van der Waals surface area (Å²) in [5.41, 5.74) is 1.93. The van der Waals surface area contributed by atoms with Crippen molar-refractivity contribution in [1.82, 2.24) is 9.88 Å². The number of pyridine rings is 1. The number of esters is 1. The number of carbonyl (C=O) groups excluding carboxylic acids is 1. The van der Waals surface area contributed by atoms with Crippen molar-refractivity contribution in [1.29, 1.82) is 0 Å². The van der Waals surface area contributed by atoms with Crippen LogP contribution in [0, 0.1) is 0 Å². The van der Waals surface area contributed by atoms with Crippen LogP contribution in [0.1, 0.15) is 29.8 Å². The molecule has 0 unspecified atom stereocenters. The van der Waals surface area contributed by atoms with Crippen LogP contribution in [0.25, 0.3) is 0 Å². The van der Waals surface area contributed by atoms with Crippen molar-refractivity contribution >= 4 is 24.2 Å². The standard InChI is InChI=1S/C21H27N3O2.ClH/c1-17(2)26-21(25)19-9-6-11-22-20(19)24-15-13-23(14-16-24)12-10-18-7-4-3-5-8-18;/h3-9,11,17H,10,12-16H2,1-2H3;1H. The van der Waals surface area contributed by atoms with Crippen molar-refractivity contribution in [2.45, 2.75) is 26.4 Å². The van der Waals surface area contributed by atoms with Crippen LogP contribution in [0.3, 0.4) is 0 Å². The summed E-state index contributed by atoms with van der Waals surface area (Å²) in [5, 5.41) is 0. The number of hydrogen-bond donors (Lipinski definition) is 0. The molecule has 1 fully saturated rings. The van der Waals surface area contributed by atoms with Crippen LogP contribution >= 0.6 is 12.4 Å². The zero-order chi connectivity index (χ0) is 18.4. The second-order valence-corrected chi connectivity index (χ2v) is 6.89. The van der Waals surface area contributed by atoms with Gasteiger partial charge in [-0.3, -0.25) is 4.90 Å². The van der Waals surface area contributed by atoms with Crippen molar-refractivity contribution in [3.05, 3.63) is 59.8 Å². The maximum absolute atomic E-state index is 12.3. The van der Waals surface area contributed by atoms with E-state index in [-0.39, 0.29) is 24.5 Å². The molecule has 0 atom stereocenters. The molecule has 6 heteroatoms. The highest BCUT2D eigenvalue weighted by Gasteiger charge is 2.23. The molecule has 0 saturated carbocycles. The van der Waals surface area contributed by atoms with E-state index in [1.165, 1.54) is 5.56 Å². The molecule has 0 aliphatic carbocycles. The maximum atomic E-state index is 12.3. The number of benzene rings is 1. The Morgan fingerprint density at radius 2 is 1.78 bits per heavy atom. The highest BCUT2D eigenvalue weighted by atomic mass is 35.5. The summed E-state index contributed by atoms with van der Waals surface area (Å²) < 4.78 is 5.36. The number of piperazine rings is 1. The highest BCUT2D eigenvalue weighted by molar-refractivity contribution is 5.94. The molecular formula is C21H28ClN3O2. The summed E-state index contributed by atoms with van der Waals surface area (Å²) in [6, 6.07) is 14.2. The van der Waals surface area contributed by atoms with Gasteiger partial charge in [-0.25, -0.2) is 9.78 Å². The van der Waals surface area contributed by atoms with E-state index in [9.17, 15) is 4.79 Å². The average molecular weight is 390 g/mol. The average Bonchev–Trinajstić information content (AvgIpc) is 2.67. The fraction of sp³-hybridized carbons (Fsp3) is 0.429. The van der Waals surface area contributed by atoms with Crippen molar-refractivity contribution in [3.63, 3.8) is 0 Å².